The molecule has 0 bridgehead atoms. The predicted octanol–water partition coefficient (Wildman–Crippen LogP) is 4.67. The maximum atomic E-state index is 12.1. The Morgan fingerprint density at radius 2 is 1.90 bits per heavy atom. The zero-order chi connectivity index (χ0) is 15.5. The molecule has 7 heteroatoms. The number of alkyl halides is 3. The fraction of sp³-hybridized carbons (Fsp3) is 0.143. The lowest BCUT2D eigenvalue weighted by molar-refractivity contribution is -0.274. The second-order valence-corrected chi connectivity index (χ2v) is 5.12. The van der Waals surface area contributed by atoms with Crippen molar-refractivity contribution in [2.24, 2.45) is 0 Å². The summed E-state index contributed by atoms with van der Waals surface area (Å²) in [6.45, 7) is 0.265. The summed E-state index contributed by atoms with van der Waals surface area (Å²) >= 11 is 3.28. The molecule has 3 nitrogen and oxygen atoms in total. The lowest BCUT2D eigenvalue weighted by atomic mass is 10.2. The van der Waals surface area contributed by atoms with Gasteiger partial charge in [-0.1, -0.05) is 22.0 Å². The van der Waals surface area contributed by atoms with Crippen LogP contribution < -0.4 is 10.1 Å². The van der Waals surface area contributed by atoms with Gasteiger partial charge >= 0.3 is 6.36 Å². The molecule has 0 unspecified atom stereocenters. The fourth-order valence-electron chi connectivity index (χ4n) is 1.70. The van der Waals surface area contributed by atoms with Gasteiger partial charge in [0, 0.05) is 28.3 Å². The lowest BCUT2D eigenvalue weighted by Crippen LogP contribution is -2.17. The Morgan fingerprint density at radius 1 is 1.14 bits per heavy atom. The molecule has 0 aliphatic carbocycles. The monoisotopic (exact) mass is 361 g/mol. The van der Waals surface area contributed by atoms with E-state index in [0.717, 1.165) is 4.47 Å². The standard InChI is InChI=1S/C14H11BrF3NO2/c15-10-4-5-13(20)9(6-10)8-19-11-2-1-3-12(7-11)21-14(16,17)18/h1-7,19-20H,8H2. The van der Waals surface area contributed by atoms with E-state index in [1.807, 2.05) is 0 Å². The van der Waals surface area contributed by atoms with E-state index in [2.05, 4.69) is 26.0 Å². The van der Waals surface area contributed by atoms with Crippen LogP contribution in [0.5, 0.6) is 11.5 Å². The van der Waals surface area contributed by atoms with E-state index in [0.29, 0.717) is 11.3 Å². The van der Waals surface area contributed by atoms with Crippen molar-refractivity contribution in [2.45, 2.75) is 12.9 Å². The molecule has 2 aromatic carbocycles. The molecule has 2 rings (SSSR count). The zero-order valence-corrected chi connectivity index (χ0v) is 12.2. The second kappa shape index (κ2) is 6.26. The molecule has 21 heavy (non-hydrogen) atoms. The van der Waals surface area contributed by atoms with Crippen LogP contribution in [0.3, 0.4) is 0 Å². The molecule has 0 atom stereocenters. The lowest BCUT2D eigenvalue weighted by Gasteiger charge is -2.12. The minimum Gasteiger partial charge on any atom is -0.508 e. The fourth-order valence-corrected chi connectivity index (χ4v) is 2.10. The van der Waals surface area contributed by atoms with Gasteiger partial charge in [0.15, 0.2) is 0 Å². The van der Waals surface area contributed by atoms with E-state index in [4.69, 9.17) is 0 Å². The van der Waals surface area contributed by atoms with Gasteiger partial charge in [-0.25, -0.2) is 0 Å². The van der Waals surface area contributed by atoms with E-state index >= 15 is 0 Å². The molecule has 0 saturated carbocycles. The summed E-state index contributed by atoms with van der Waals surface area (Å²) < 4.78 is 41.1. The SMILES string of the molecule is Oc1ccc(Br)cc1CNc1cccc(OC(F)(F)F)c1. The smallest absolute Gasteiger partial charge is 0.508 e. The third-order valence-corrected chi connectivity index (χ3v) is 3.09. The van der Waals surface area contributed by atoms with Crippen LogP contribution in [0.4, 0.5) is 18.9 Å². The van der Waals surface area contributed by atoms with Crippen LogP contribution in [-0.2, 0) is 6.54 Å². The van der Waals surface area contributed by atoms with Gasteiger partial charge in [0.05, 0.1) is 0 Å². The Labute approximate surface area is 127 Å². The van der Waals surface area contributed by atoms with Crippen LogP contribution in [-0.4, -0.2) is 11.5 Å². The molecule has 0 amide bonds. The first-order valence-electron chi connectivity index (χ1n) is 5.90. The largest absolute Gasteiger partial charge is 0.573 e. The number of phenolic OH excluding ortho intramolecular Hbond substituents is 1. The van der Waals surface area contributed by atoms with Gasteiger partial charge in [-0.3, -0.25) is 0 Å². The van der Waals surface area contributed by atoms with E-state index in [1.54, 1.807) is 18.2 Å². The number of rotatable bonds is 4. The number of halogens is 4. The van der Waals surface area contributed by atoms with Crippen molar-refractivity contribution in [1.82, 2.24) is 0 Å². The molecule has 0 fully saturated rings. The highest BCUT2D eigenvalue weighted by Crippen LogP contribution is 2.26. The van der Waals surface area contributed by atoms with Crippen molar-refractivity contribution in [3.63, 3.8) is 0 Å². The minimum absolute atomic E-state index is 0.105. The van der Waals surface area contributed by atoms with Gasteiger partial charge in [0.25, 0.3) is 0 Å². The molecular formula is C14H11BrF3NO2. The maximum Gasteiger partial charge on any atom is 0.573 e. The van der Waals surface area contributed by atoms with E-state index in [-0.39, 0.29) is 18.0 Å². The van der Waals surface area contributed by atoms with Crippen LogP contribution in [0.2, 0.25) is 0 Å². The Bertz CT molecular complexity index is 632. The van der Waals surface area contributed by atoms with Crippen LogP contribution in [0.25, 0.3) is 0 Å². The average Bonchev–Trinajstić information content (AvgIpc) is 2.38. The molecule has 0 aromatic heterocycles. The van der Waals surface area contributed by atoms with Crippen LogP contribution in [0, 0.1) is 0 Å². The van der Waals surface area contributed by atoms with Crippen molar-refractivity contribution >= 4 is 21.6 Å². The highest BCUT2D eigenvalue weighted by atomic mass is 79.9. The van der Waals surface area contributed by atoms with Gasteiger partial charge in [0.1, 0.15) is 11.5 Å². The molecule has 2 N–H and O–H groups in total. The van der Waals surface area contributed by atoms with E-state index in [1.165, 1.54) is 24.3 Å². The topological polar surface area (TPSA) is 41.5 Å². The van der Waals surface area contributed by atoms with E-state index in [9.17, 15) is 18.3 Å². The molecule has 112 valence electrons. The third kappa shape index (κ3) is 4.86. The van der Waals surface area contributed by atoms with Crippen molar-refractivity contribution < 1.29 is 23.0 Å². The Balaban J connectivity index is 2.06. The molecular weight excluding hydrogens is 351 g/mol. The highest BCUT2D eigenvalue weighted by molar-refractivity contribution is 9.10. The zero-order valence-electron chi connectivity index (χ0n) is 10.6. The van der Waals surface area contributed by atoms with Crippen LogP contribution in [0.1, 0.15) is 5.56 Å². The minimum atomic E-state index is -4.72. The first-order chi connectivity index (χ1) is 9.83. The van der Waals surface area contributed by atoms with Crippen molar-refractivity contribution in [3.05, 3.63) is 52.5 Å². The summed E-state index contributed by atoms with van der Waals surface area (Å²) in [6, 6.07) is 10.5. The van der Waals surface area contributed by atoms with Gasteiger partial charge in [-0.05, 0) is 30.3 Å². The summed E-state index contributed by atoms with van der Waals surface area (Å²) in [5, 5.41) is 12.6. The van der Waals surface area contributed by atoms with Crippen molar-refractivity contribution in [3.8, 4) is 11.5 Å². The average molecular weight is 362 g/mol. The quantitative estimate of drug-likeness (QED) is 0.831. The van der Waals surface area contributed by atoms with Gasteiger partial charge in [-0.15, -0.1) is 13.2 Å². The van der Waals surface area contributed by atoms with Crippen LogP contribution >= 0.6 is 15.9 Å². The molecule has 0 aliphatic rings. The number of aromatic hydroxyl groups is 1. The van der Waals surface area contributed by atoms with Gasteiger partial charge in [0.2, 0.25) is 0 Å². The summed E-state index contributed by atoms with van der Waals surface area (Å²) in [4.78, 5) is 0. The first-order valence-corrected chi connectivity index (χ1v) is 6.70. The summed E-state index contributed by atoms with van der Waals surface area (Å²) in [5.74, 6) is -0.195. The third-order valence-electron chi connectivity index (χ3n) is 2.59. The Kier molecular flexibility index (Phi) is 4.62. The number of hydrogen-bond donors (Lipinski definition) is 2. The number of anilines is 1. The first kappa shape index (κ1) is 15.5. The molecule has 2 aromatic rings. The Hall–Kier alpha value is -1.89. The maximum absolute atomic E-state index is 12.1. The molecule has 0 spiro atoms. The van der Waals surface area contributed by atoms with E-state index < -0.39 is 6.36 Å². The summed E-state index contributed by atoms with van der Waals surface area (Å²) in [5.41, 5.74) is 1.07. The van der Waals surface area contributed by atoms with Gasteiger partial charge in [-0.2, -0.15) is 0 Å². The number of hydrogen-bond acceptors (Lipinski definition) is 3. The highest BCUT2D eigenvalue weighted by Gasteiger charge is 2.31. The molecule has 0 aliphatic heterocycles. The molecule has 0 radical (unpaired) electrons. The van der Waals surface area contributed by atoms with Crippen molar-refractivity contribution in [1.29, 1.82) is 0 Å². The van der Waals surface area contributed by atoms with Gasteiger partial charge < -0.3 is 15.2 Å². The molecule has 0 heterocycles. The number of phenols is 1. The van der Waals surface area contributed by atoms with Crippen LogP contribution in [0.15, 0.2) is 46.9 Å². The second-order valence-electron chi connectivity index (χ2n) is 4.20. The summed E-state index contributed by atoms with van der Waals surface area (Å²) in [6.07, 6.45) is -4.72. The summed E-state index contributed by atoms with van der Waals surface area (Å²) in [7, 11) is 0. The number of nitrogens with one attached hydrogen (secondary N) is 1. The number of ether oxygens (including phenoxy) is 1. The molecule has 0 saturated heterocycles. The number of benzene rings is 2. The Morgan fingerprint density at radius 3 is 2.62 bits per heavy atom. The van der Waals surface area contributed by atoms with Crippen molar-refractivity contribution in [2.75, 3.05) is 5.32 Å². The normalized spacial score (nSPS) is 11.2. The predicted molar refractivity (Wildman–Crippen MR) is 76.3 cm³/mol.